The third kappa shape index (κ3) is 2.68. The maximum absolute atomic E-state index is 11.6. The van der Waals surface area contributed by atoms with Gasteiger partial charge in [0, 0.05) is 44.6 Å². The molecule has 0 spiro atoms. The molecule has 1 aromatic rings. The van der Waals surface area contributed by atoms with Crippen molar-refractivity contribution in [2.75, 3.05) is 26.2 Å². The van der Waals surface area contributed by atoms with Crippen molar-refractivity contribution in [2.45, 2.75) is 20.0 Å². The molecule has 17 heavy (non-hydrogen) atoms. The second-order valence-corrected chi connectivity index (χ2v) is 4.20. The average Bonchev–Trinajstić information content (AvgIpc) is 2.73. The van der Waals surface area contributed by atoms with Crippen LogP contribution in [0.5, 0.6) is 0 Å². The SMILES string of the molecule is CCOC(=O)c1cc2n(c1)CCN(CCN)C2. The molecule has 0 radical (unpaired) electrons. The molecule has 2 N–H and O–H groups in total. The number of aromatic nitrogens is 1. The highest BCUT2D eigenvalue weighted by Crippen LogP contribution is 2.16. The van der Waals surface area contributed by atoms with Crippen molar-refractivity contribution in [3.8, 4) is 0 Å². The largest absolute Gasteiger partial charge is 0.462 e. The molecule has 0 fully saturated rings. The zero-order valence-corrected chi connectivity index (χ0v) is 10.2. The standard InChI is InChI=1S/C12H19N3O2/c1-2-17-12(16)10-7-11-9-14(4-3-13)5-6-15(11)8-10/h7-8H,2-6,9,13H2,1H3. The fraction of sp³-hybridized carbons (Fsp3) is 0.583. The Bertz CT molecular complexity index is 400. The van der Waals surface area contributed by atoms with E-state index in [2.05, 4.69) is 9.47 Å². The Kier molecular flexibility index (Phi) is 3.81. The predicted octanol–water partition coefficient (Wildman–Crippen LogP) is 0.439. The molecule has 2 heterocycles. The number of carbonyl (C=O) groups excluding carboxylic acids is 1. The summed E-state index contributed by atoms with van der Waals surface area (Å²) >= 11 is 0. The first-order valence-corrected chi connectivity index (χ1v) is 6.03. The van der Waals surface area contributed by atoms with Gasteiger partial charge in [0.15, 0.2) is 0 Å². The van der Waals surface area contributed by atoms with Crippen LogP contribution in [0.4, 0.5) is 0 Å². The van der Waals surface area contributed by atoms with Gasteiger partial charge in [-0.25, -0.2) is 4.79 Å². The van der Waals surface area contributed by atoms with E-state index >= 15 is 0 Å². The summed E-state index contributed by atoms with van der Waals surface area (Å²) in [7, 11) is 0. The van der Waals surface area contributed by atoms with Crippen molar-refractivity contribution in [1.29, 1.82) is 0 Å². The molecule has 5 heteroatoms. The predicted molar refractivity (Wildman–Crippen MR) is 64.7 cm³/mol. The number of hydrogen-bond donors (Lipinski definition) is 1. The Morgan fingerprint density at radius 1 is 1.53 bits per heavy atom. The third-order valence-corrected chi connectivity index (χ3v) is 2.99. The lowest BCUT2D eigenvalue weighted by Crippen LogP contribution is -2.36. The van der Waals surface area contributed by atoms with Gasteiger partial charge in [-0.3, -0.25) is 4.90 Å². The second kappa shape index (κ2) is 5.33. The van der Waals surface area contributed by atoms with Gasteiger partial charge in [-0.1, -0.05) is 0 Å². The van der Waals surface area contributed by atoms with Crippen molar-refractivity contribution >= 4 is 5.97 Å². The summed E-state index contributed by atoms with van der Waals surface area (Å²) in [5.74, 6) is -0.236. The van der Waals surface area contributed by atoms with Gasteiger partial charge in [-0.15, -0.1) is 0 Å². The van der Waals surface area contributed by atoms with Crippen LogP contribution >= 0.6 is 0 Å². The minimum Gasteiger partial charge on any atom is -0.462 e. The van der Waals surface area contributed by atoms with E-state index in [1.54, 1.807) is 0 Å². The molecule has 2 rings (SSSR count). The molecule has 0 aromatic carbocycles. The maximum Gasteiger partial charge on any atom is 0.339 e. The molecule has 1 aliphatic rings. The molecule has 0 bridgehead atoms. The minimum absolute atomic E-state index is 0.236. The first kappa shape index (κ1) is 12.1. The van der Waals surface area contributed by atoms with Crippen LogP contribution in [-0.2, 0) is 17.8 Å². The van der Waals surface area contributed by atoms with Crippen LogP contribution in [0.3, 0.4) is 0 Å². The molecule has 0 unspecified atom stereocenters. The molecule has 94 valence electrons. The highest BCUT2D eigenvalue weighted by Gasteiger charge is 2.19. The van der Waals surface area contributed by atoms with Crippen LogP contribution in [0, 0.1) is 0 Å². The zero-order chi connectivity index (χ0) is 12.3. The van der Waals surface area contributed by atoms with Gasteiger partial charge in [-0.05, 0) is 13.0 Å². The monoisotopic (exact) mass is 237 g/mol. The van der Waals surface area contributed by atoms with Crippen LogP contribution in [0.15, 0.2) is 12.3 Å². The minimum atomic E-state index is -0.236. The first-order chi connectivity index (χ1) is 8.24. The second-order valence-electron chi connectivity index (χ2n) is 4.20. The summed E-state index contributed by atoms with van der Waals surface area (Å²) in [6.07, 6.45) is 1.88. The Hall–Kier alpha value is -1.33. The summed E-state index contributed by atoms with van der Waals surface area (Å²) in [5.41, 5.74) is 7.36. The number of ether oxygens (including phenoxy) is 1. The maximum atomic E-state index is 11.6. The fourth-order valence-corrected chi connectivity index (χ4v) is 2.15. The van der Waals surface area contributed by atoms with Gasteiger partial charge < -0.3 is 15.0 Å². The van der Waals surface area contributed by atoms with Gasteiger partial charge in [0.1, 0.15) is 0 Å². The Balaban J connectivity index is 2.09. The smallest absolute Gasteiger partial charge is 0.339 e. The number of esters is 1. The van der Waals surface area contributed by atoms with Crippen molar-refractivity contribution in [1.82, 2.24) is 9.47 Å². The quantitative estimate of drug-likeness (QED) is 0.772. The molecule has 0 saturated carbocycles. The Morgan fingerprint density at radius 3 is 3.06 bits per heavy atom. The van der Waals surface area contributed by atoms with Crippen LogP contribution in [0.25, 0.3) is 0 Å². The molecule has 0 saturated heterocycles. The lowest BCUT2D eigenvalue weighted by atomic mass is 10.2. The normalized spacial score (nSPS) is 15.6. The van der Waals surface area contributed by atoms with E-state index in [0.717, 1.165) is 31.9 Å². The molecule has 5 nitrogen and oxygen atoms in total. The van der Waals surface area contributed by atoms with Gasteiger partial charge in [0.25, 0.3) is 0 Å². The first-order valence-electron chi connectivity index (χ1n) is 6.03. The number of fused-ring (bicyclic) bond motifs is 1. The number of hydrogen-bond acceptors (Lipinski definition) is 4. The zero-order valence-electron chi connectivity index (χ0n) is 10.2. The molecule has 1 aliphatic heterocycles. The Morgan fingerprint density at radius 2 is 2.35 bits per heavy atom. The summed E-state index contributed by atoms with van der Waals surface area (Å²) in [4.78, 5) is 13.9. The van der Waals surface area contributed by atoms with Gasteiger partial charge in [0.05, 0.1) is 12.2 Å². The number of nitrogens with two attached hydrogens (primary N) is 1. The number of nitrogens with zero attached hydrogens (tertiary/aromatic N) is 2. The fourth-order valence-electron chi connectivity index (χ4n) is 2.15. The summed E-state index contributed by atoms with van der Waals surface area (Å²) in [6.45, 7) is 6.56. The van der Waals surface area contributed by atoms with E-state index in [9.17, 15) is 4.79 Å². The van der Waals surface area contributed by atoms with Gasteiger partial charge in [0.2, 0.25) is 0 Å². The lowest BCUT2D eigenvalue weighted by Gasteiger charge is -2.27. The van der Waals surface area contributed by atoms with E-state index in [1.165, 1.54) is 0 Å². The van der Waals surface area contributed by atoms with E-state index in [4.69, 9.17) is 10.5 Å². The summed E-state index contributed by atoms with van der Waals surface area (Å²) in [5, 5.41) is 0. The molecule has 0 aliphatic carbocycles. The lowest BCUT2D eigenvalue weighted by molar-refractivity contribution is 0.0526. The van der Waals surface area contributed by atoms with Crippen molar-refractivity contribution in [3.63, 3.8) is 0 Å². The molecule has 0 amide bonds. The number of carbonyl (C=O) groups is 1. The van der Waals surface area contributed by atoms with E-state index in [1.807, 2.05) is 19.2 Å². The van der Waals surface area contributed by atoms with Crippen LogP contribution in [0.1, 0.15) is 23.0 Å². The summed E-state index contributed by atoms with van der Waals surface area (Å²) in [6, 6.07) is 1.92. The van der Waals surface area contributed by atoms with Crippen LogP contribution in [0.2, 0.25) is 0 Å². The van der Waals surface area contributed by atoms with E-state index in [0.29, 0.717) is 18.7 Å². The average molecular weight is 237 g/mol. The van der Waals surface area contributed by atoms with Crippen molar-refractivity contribution in [3.05, 3.63) is 23.5 Å². The van der Waals surface area contributed by atoms with Gasteiger partial charge in [-0.2, -0.15) is 0 Å². The van der Waals surface area contributed by atoms with Crippen LogP contribution < -0.4 is 5.73 Å². The van der Waals surface area contributed by atoms with Crippen molar-refractivity contribution in [2.24, 2.45) is 5.73 Å². The van der Waals surface area contributed by atoms with E-state index in [-0.39, 0.29) is 5.97 Å². The highest BCUT2D eigenvalue weighted by molar-refractivity contribution is 5.89. The molecule has 1 aromatic heterocycles. The topological polar surface area (TPSA) is 60.5 Å². The molecular formula is C12H19N3O2. The van der Waals surface area contributed by atoms with E-state index < -0.39 is 0 Å². The Labute approximate surface area is 101 Å². The third-order valence-electron chi connectivity index (χ3n) is 2.99. The number of rotatable bonds is 4. The molecule has 0 atom stereocenters. The van der Waals surface area contributed by atoms with Crippen LogP contribution in [-0.4, -0.2) is 41.7 Å². The molecular weight excluding hydrogens is 218 g/mol. The van der Waals surface area contributed by atoms with Crippen molar-refractivity contribution < 1.29 is 9.53 Å². The highest BCUT2D eigenvalue weighted by atomic mass is 16.5. The summed E-state index contributed by atoms with van der Waals surface area (Å²) < 4.78 is 7.12. The van der Waals surface area contributed by atoms with Gasteiger partial charge >= 0.3 is 5.97 Å².